The number of halogens is 5. The molecule has 21 heavy (non-hydrogen) atoms. The van der Waals surface area contributed by atoms with Gasteiger partial charge in [0.1, 0.15) is 0 Å². The highest BCUT2D eigenvalue weighted by Gasteiger charge is 2.42. The molecule has 0 bridgehead atoms. The Morgan fingerprint density at radius 2 is 2.00 bits per heavy atom. The van der Waals surface area contributed by atoms with E-state index in [9.17, 15) is 18.0 Å². The number of benzene rings is 1. The van der Waals surface area contributed by atoms with Gasteiger partial charge < -0.3 is 0 Å². The minimum atomic E-state index is -4.33. The van der Waals surface area contributed by atoms with Crippen molar-refractivity contribution in [1.29, 1.82) is 0 Å². The maximum absolute atomic E-state index is 12.7. The molecular weight excluding hydrogens is 326 g/mol. The van der Waals surface area contributed by atoms with Crippen LogP contribution in [0.3, 0.4) is 0 Å². The second kappa shape index (κ2) is 6.15. The highest BCUT2D eigenvalue weighted by Crippen LogP contribution is 2.33. The van der Waals surface area contributed by atoms with E-state index in [0.717, 1.165) is 0 Å². The minimum absolute atomic E-state index is 0.155. The maximum Gasteiger partial charge on any atom is 0.401 e. The summed E-state index contributed by atoms with van der Waals surface area (Å²) in [4.78, 5) is 13.6. The van der Waals surface area contributed by atoms with Gasteiger partial charge >= 0.3 is 6.18 Å². The molecule has 0 saturated heterocycles. The third-order valence-corrected chi connectivity index (χ3v) is 4.00. The van der Waals surface area contributed by atoms with Crippen LogP contribution in [0.1, 0.15) is 30.1 Å². The van der Waals surface area contributed by atoms with Crippen LogP contribution in [0.4, 0.5) is 13.2 Å². The summed E-state index contributed by atoms with van der Waals surface area (Å²) in [5.41, 5.74) is 0.196. The van der Waals surface area contributed by atoms with Crippen molar-refractivity contribution >= 4 is 29.0 Å². The van der Waals surface area contributed by atoms with Gasteiger partial charge in [-0.05, 0) is 38.0 Å². The molecule has 0 N–H and O–H groups in total. The first kappa shape index (κ1) is 16.6. The molecular formula is C14H14Cl2F3NO. The van der Waals surface area contributed by atoms with E-state index in [1.165, 1.54) is 30.0 Å². The summed E-state index contributed by atoms with van der Waals surface area (Å²) in [6.07, 6.45) is -2.97. The first-order chi connectivity index (χ1) is 9.69. The first-order valence-electron chi connectivity index (χ1n) is 6.51. The molecule has 1 saturated carbocycles. The van der Waals surface area contributed by atoms with Crippen molar-refractivity contribution < 1.29 is 18.0 Å². The molecule has 1 aromatic rings. The van der Waals surface area contributed by atoms with Crippen LogP contribution >= 0.6 is 23.2 Å². The van der Waals surface area contributed by atoms with Crippen LogP contribution in [0.5, 0.6) is 0 Å². The van der Waals surface area contributed by atoms with Crippen LogP contribution in [0, 0.1) is 0 Å². The maximum atomic E-state index is 12.7. The van der Waals surface area contributed by atoms with Crippen LogP contribution in [0.15, 0.2) is 18.2 Å². The molecule has 0 aliphatic heterocycles. The van der Waals surface area contributed by atoms with Crippen molar-refractivity contribution in [1.82, 2.24) is 4.90 Å². The standard InChI is InChI=1S/C14H14Cl2F3NO/c1-8(20(10-3-4-10)7-14(17,18)19)13(21)11-5-2-9(15)6-12(11)16/h2,5-6,8,10H,3-4,7H2,1H3. The topological polar surface area (TPSA) is 20.3 Å². The zero-order chi connectivity index (χ0) is 15.8. The molecule has 2 rings (SSSR count). The van der Waals surface area contributed by atoms with E-state index in [0.29, 0.717) is 17.9 Å². The number of nitrogens with zero attached hydrogens (tertiary/aromatic N) is 1. The fourth-order valence-electron chi connectivity index (χ4n) is 2.26. The molecule has 1 fully saturated rings. The second-order valence-electron chi connectivity index (χ2n) is 5.18. The number of hydrogen-bond donors (Lipinski definition) is 0. The fraction of sp³-hybridized carbons (Fsp3) is 0.500. The van der Waals surface area contributed by atoms with E-state index in [4.69, 9.17) is 23.2 Å². The van der Waals surface area contributed by atoms with Crippen LogP contribution in [0.2, 0.25) is 10.0 Å². The Bertz CT molecular complexity index is 544. The molecule has 0 spiro atoms. The highest BCUT2D eigenvalue weighted by atomic mass is 35.5. The number of Topliss-reactive ketones (excluding diaryl/α,β-unsaturated/α-hetero) is 1. The summed E-state index contributed by atoms with van der Waals surface area (Å²) in [5, 5.41) is 0.528. The molecule has 1 atom stereocenters. The van der Waals surface area contributed by atoms with Gasteiger partial charge in [0.25, 0.3) is 0 Å². The van der Waals surface area contributed by atoms with Crippen molar-refractivity contribution in [2.75, 3.05) is 6.54 Å². The van der Waals surface area contributed by atoms with Gasteiger partial charge in [0.2, 0.25) is 0 Å². The van der Waals surface area contributed by atoms with E-state index in [1.54, 1.807) is 0 Å². The third-order valence-electron chi connectivity index (χ3n) is 3.45. The summed E-state index contributed by atoms with van der Waals surface area (Å²) < 4.78 is 38.0. The molecule has 2 nitrogen and oxygen atoms in total. The molecule has 1 unspecified atom stereocenters. The van der Waals surface area contributed by atoms with Crippen molar-refractivity contribution in [3.63, 3.8) is 0 Å². The lowest BCUT2D eigenvalue weighted by Gasteiger charge is -2.29. The van der Waals surface area contributed by atoms with Crippen molar-refractivity contribution in [2.45, 2.75) is 38.0 Å². The lowest BCUT2D eigenvalue weighted by Crippen LogP contribution is -2.45. The van der Waals surface area contributed by atoms with Gasteiger partial charge in [0.15, 0.2) is 5.78 Å². The Labute approximate surface area is 130 Å². The van der Waals surface area contributed by atoms with E-state index in [1.807, 2.05) is 0 Å². The highest BCUT2D eigenvalue weighted by molar-refractivity contribution is 6.37. The van der Waals surface area contributed by atoms with Gasteiger partial charge in [-0.1, -0.05) is 23.2 Å². The molecule has 7 heteroatoms. The summed E-state index contributed by atoms with van der Waals surface area (Å²) in [6, 6.07) is 3.30. The molecule has 0 radical (unpaired) electrons. The number of hydrogen-bond acceptors (Lipinski definition) is 2. The van der Waals surface area contributed by atoms with Gasteiger partial charge in [-0.2, -0.15) is 13.2 Å². The van der Waals surface area contributed by atoms with Gasteiger partial charge in [-0.15, -0.1) is 0 Å². The normalized spacial score (nSPS) is 17.1. The number of carbonyl (C=O) groups is 1. The SMILES string of the molecule is CC(C(=O)c1ccc(Cl)cc1Cl)N(CC(F)(F)F)C1CC1. The Morgan fingerprint density at radius 3 is 2.48 bits per heavy atom. The third kappa shape index (κ3) is 4.34. The van der Waals surface area contributed by atoms with E-state index in [2.05, 4.69) is 0 Å². The molecule has 0 amide bonds. The van der Waals surface area contributed by atoms with Crippen LogP contribution in [-0.4, -0.2) is 35.5 Å². The molecule has 116 valence electrons. The smallest absolute Gasteiger partial charge is 0.292 e. The zero-order valence-corrected chi connectivity index (χ0v) is 12.8. The monoisotopic (exact) mass is 339 g/mol. The summed E-state index contributed by atoms with van der Waals surface area (Å²) in [7, 11) is 0. The molecule has 1 aromatic carbocycles. The predicted octanol–water partition coefficient (Wildman–Crippen LogP) is 4.59. The van der Waals surface area contributed by atoms with Gasteiger partial charge in [-0.3, -0.25) is 9.69 Å². The van der Waals surface area contributed by atoms with Gasteiger partial charge in [0.05, 0.1) is 17.6 Å². The number of ketones is 1. The summed E-state index contributed by atoms with van der Waals surface area (Å²) in [6.45, 7) is 0.396. The van der Waals surface area contributed by atoms with Gasteiger partial charge in [-0.25, -0.2) is 0 Å². The lowest BCUT2D eigenvalue weighted by molar-refractivity contribution is -0.149. The Kier molecular flexibility index (Phi) is 4.85. The molecule has 0 heterocycles. The van der Waals surface area contributed by atoms with Crippen LogP contribution in [0.25, 0.3) is 0 Å². The van der Waals surface area contributed by atoms with Crippen LogP contribution in [-0.2, 0) is 0 Å². The zero-order valence-electron chi connectivity index (χ0n) is 11.3. The summed E-state index contributed by atoms with van der Waals surface area (Å²) in [5.74, 6) is -0.423. The Hall–Kier alpha value is -0.780. The number of carbonyl (C=O) groups excluding carboxylic acids is 1. The average molecular weight is 340 g/mol. The quantitative estimate of drug-likeness (QED) is 0.731. The lowest BCUT2D eigenvalue weighted by atomic mass is 10.0. The molecule has 1 aliphatic rings. The Morgan fingerprint density at radius 1 is 1.38 bits per heavy atom. The minimum Gasteiger partial charge on any atom is -0.292 e. The van der Waals surface area contributed by atoms with E-state index < -0.39 is 24.5 Å². The number of rotatable bonds is 5. The van der Waals surface area contributed by atoms with Crippen molar-refractivity contribution in [2.24, 2.45) is 0 Å². The Balaban J connectivity index is 2.19. The predicted molar refractivity (Wildman–Crippen MR) is 76.0 cm³/mol. The van der Waals surface area contributed by atoms with E-state index in [-0.39, 0.29) is 16.6 Å². The van der Waals surface area contributed by atoms with E-state index >= 15 is 0 Å². The summed E-state index contributed by atoms with van der Waals surface area (Å²) >= 11 is 11.7. The first-order valence-corrected chi connectivity index (χ1v) is 7.26. The second-order valence-corrected chi connectivity index (χ2v) is 6.03. The van der Waals surface area contributed by atoms with Gasteiger partial charge in [0, 0.05) is 16.6 Å². The largest absolute Gasteiger partial charge is 0.401 e. The number of alkyl halides is 3. The molecule has 0 aromatic heterocycles. The molecule has 1 aliphatic carbocycles. The van der Waals surface area contributed by atoms with Crippen molar-refractivity contribution in [3.05, 3.63) is 33.8 Å². The average Bonchev–Trinajstić information content (AvgIpc) is 3.17. The fourth-order valence-corrected chi connectivity index (χ4v) is 2.76. The van der Waals surface area contributed by atoms with Crippen LogP contribution < -0.4 is 0 Å². The van der Waals surface area contributed by atoms with Crippen molar-refractivity contribution in [3.8, 4) is 0 Å².